The van der Waals surface area contributed by atoms with E-state index in [1.54, 1.807) is 7.11 Å². The largest absolute Gasteiger partial charge is 0.383 e. The van der Waals surface area contributed by atoms with Crippen molar-refractivity contribution in [2.24, 2.45) is 5.92 Å². The van der Waals surface area contributed by atoms with Gasteiger partial charge in [-0.1, -0.05) is 0 Å². The normalized spacial score (nSPS) is 22.1. The fourth-order valence-electron chi connectivity index (χ4n) is 3.73. The Balaban J connectivity index is 1.40. The van der Waals surface area contributed by atoms with Gasteiger partial charge in [-0.3, -0.25) is 4.68 Å². The summed E-state index contributed by atoms with van der Waals surface area (Å²) in [6, 6.07) is 0.0213. The van der Waals surface area contributed by atoms with Gasteiger partial charge in [0.05, 0.1) is 26.0 Å². The lowest BCUT2D eigenvalue weighted by atomic mass is 9.97. The molecule has 2 aliphatic heterocycles. The number of hydrogen-bond donors (Lipinski definition) is 1. The van der Waals surface area contributed by atoms with E-state index in [1.807, 2.05) is 22.0 Å². The molecule has 152 valence electrons. The minimum Gasteiger partial charge on any atom is -0.383 e. The molecule has 1 unspecified atom stereocenters. The molecule has 0 aromatic carbocycles. The van der Waals surface area contributed by atoms with Crippen LogP contribution in [0.3, 0.4) is 0 Å². The molecule has 2 amide bonds. The van der Waals surface area contributed by atoms with E-state index >= 15 is 0 Å². The lowest BCUT2D eigenvalue weighted by molar-refractivity contribution is -0.0156. The van der Waals surface area contributed by atoms with Gasteiger partial charge in [0.2, 0.25) is 0 Å². The summed E-state index contributed by atoms with van der Waals surface area (Å²) in [5.74, 6) is 0.562. The maximum atomic E-state index is 12.6. The fraction of sp³-hybridized carbons (Fsp3) is 0.789. The predicted molar refractivity (Wildman–Crippen MR) is 103 cm³/mol. The van der Waals surface area contributed by atoms with Crippen LogP contribution in [0, 0.1) is 5.92 Å². The van der Waals surface area contributed by atoms with Gasteiger partial charge in [-0.15, -0.1) is 0 Å². The summed E-state index contributed by atoms with van der Waals surface area (Å²) in [6.07, 6.45) is 6.02. The van der Waals surface area contributed by atoms with Crippen LogP contribution < -0.4 is 5.32 Å². The number of likely N-dealkylation sites (tertiary alicyclic amines) is 1. The van der Waals surface area contributed by atoms with Gasteiger partial charge in [0.1, 0.15) is 6.10 Å². The highest BCUT2D eigenvalue weighted by Crippen LogP contribution is 2.22. The van der Waals surface area contributed by atoms with Crippen molar-refractivity contribution in [2.75, 3.05) is 59.6 Å². The van der Waals surface area contributed by atoms with Crippen LogP contribution in [0.2, 0.25) is 0 Å². The first-order valence-electron chi connectivity index (χ1n) is 10.1. The Labute approximate surface area is 161 Å². The highest BCUT2D eigenvalue weighted by atomic mass is 16.5. The molecule has 0 radical (unpaired) electrons. The van der Waals surface area contributed by atoms with Gasteiger partial charge in [0, 0.05) is 45.0 Å². The van der Waals surface area contributed by atoms with Crippen molar-refractivity contribution in [1.29, 1.82) is 0 Å². The van der Waals surface area contributed by atoms with Gasteiger partial charge in [-0.05, 0) is 38.8 Å². The van der Waals surface area contributed by atoms with Crippen molar-refractivity contribution in [2.45, 2.75) is 32.4 Å². The molecule has 8 heteroatoms. The minimum absolute atomic E-state index is 0.0213. The van der Waals surface area contributed by atoms with Crippen molar-refractivity contribution in [1.82, 2.24) is 24.9 Å². The Morgan fingerprint density at radius 2 is 2.19 bits per heavy atom. The average molecular weight is 380 g/mol. The van der Waals surface area contributed by atoms with E-state index in [0.29, 0.717) is 25.6 Å². The molecule has 2 saturated heterocycles. The molecule has 1 N–H and O–H groups in total. The molecular weight excluding hydrogens is 346 g/mol. The topological polar surface area (TPSA) is 71.9 Å². The molecule has 1 aromatic rings. The summed E-state index contributed by atoms with van der Waals surface area (Å²) >= 11 is 0. The Hall–Kier alpha value is -1.64. The average Bonchev–Trinajstić information content (AvgIpc) is 3.21. The first-order chi connectivity index (χ1) is 13.2. The third kappa shape index (κ3) is 5.67. The number of amides is 2. The van der Waals surface area contributed by atoms with Crippen molar-refractivity contribution >= 4 is 6.03 Å². The van der Waals surface area contributed by atoms with Gasteiger partial charge in [-0.2, -0.15) is 5.10 Å². The summed E-state index contributed by atoms with van der Waals surface area (Å²) in [6.45, 7) is 9.39. The molecule has 27 heavy (non-hydrogen) atoms. The molecule has 3 rings (SSSR count). The van der Waals surface area contributed by atoms with Crippen LogP contribution in [0.1, 0.15) is 31.4 Å². The zero-order valence-corrected chi connectivity index (χ0v) is 16.6. The van der Waals surface area contributed by atoms with Crippen molar-refractivity contribution in [3.8, 4) is 0 Å². The van der Waals surface area contributed by atoms with Crippen LogP contribution in [0.4, 0.5) is 4.79 Å². The van der Waals surface area contributed by atoms with Gasteiger partial charge in [0.15, 0.2) is 0 Å². The van der Waals surface area contributed by atoms with Crippen molar-refractivity contribution < 1.29 is 14.3 Å². The second kappa shape index (κ2) is 10.1. The van der Waals surface area contributed by atoms with Gasteiger partial charge in [0.25, 0.3) is 0 Å². The second-order valence-corrected chi connectivity index (χ2v) is 7.40. The Bertz CT molecular complexity index is 586. The molecule has 0 bridgehead atoms. The smallest absolute Gasteiger partial charge is 0.317 e. The number of morpholine rings is 1. The number of methoxy groups -OCH3 is 1. The predicted octanol–water partition coefficient (Wildman–Crippen LogP) is 1.34. The SMILES string of the molecule is CCn1cc(C2CN(C(=O)NCC3CCN(CCOC)CC3)CCO2)cn1. The Morgan fingerprint density at radius 1 is 1.37 bits per heavy atom. The quantitative estimate of drug-likeness (QED) is 0.774. The number of aryl methyl sites for hydroxylation is 1. The molecule has 8 nitrogen and oxygen atoms in total. The summed E-state index contributed by atoms with van der Waals surface area (Å²) in [5, 5.41) is 7.44. The summed E-state index contributed by atoms with van der Waals surface area (Å²) in [7, 11) is 1.74. The van der Waals surface area contributed by atoms with Gasteiger partial charge >= 0.3 is 6.03 Å². The number of ether oxygens (including phenoxy) is 2. The van der Waals surface area contributed by atoms with E-state index in [4.69, 9.17) is 9.47 Å². The number of rotatable bonds is 7. The number of hydrogen-bond acceptors (Lipinski definition) is 5. The van der Waals surface area contributed by atoms with Crippen LogP contribution >= 0.6 is 0 Å². The van der Waals surface area contributed by atoms with Crippen molar-refractivity contribution in [3.05, 3.63) is 18.0 Å². The van der Waals surface area contributed by atoms with E-state index in [2.05, 4.69) is 22.2 Å². The highest BCUT2D eigenvalue weighted by molar-refractivity contribution is 5.74. The maximum absolute atomic E-state index is 12.6. The first-order valence-corrected chi connectivity index (χ1v) is 10.1. The minimum atomic E-state index is -0.0891. The van der Waals surface area contributed by atoms with Crippen LogP contribution in [-0.4, -0.2) is 85.2 Å². The molecule has 1 atom stereocenters. The zero-order valence-electron chi connectivity index (χ0n) is 16.6. The standard InChI is InChI=1S/C19H33N5O3/c1-3-24-14-17(13-21-24)18-15-23(9-11-27-18)19(25)20-12-16-4-6-22(7-5-16)8-10-26-2/h13-14,16,18H,3-12,15H2,1-2H3,(H,20,25). The zero-order chi connectivity index (χ0) is 19.1. The maximum Gasteiger partial charge on any atom is 0.317 e. The molecule has 0 spiro atoms. The van der Waals surface area contributed by atoms with E-state index in [1.165, 1.54) is 0 Å². The summed E-state index contributed by atoms with van der Waals surface area (Å²) < 4.78 is 12.9. The van der Waals surface area contributed by atoms with E-state index in [-0.39, 0.29) is 12.1 Å². The number of carbonyl (C=O) groups excluding carboxylic acids is 1. The number of piperidine rings is 1. The lowest BCUT2D eigenvalue weighted by Crippen LogP contribution is -2.48. The third-order valence-corrected chi connectivity index (χ3v) is 5.56. The molecule has 0 saturated carbocycles. The lowest BCUT2D eigenvalue weighted by Gasteiger charge is -2.34. The number of carbonyl (C=O) groups is 1. The van der Waals surface area contributed by atoms with Crippen molar-refractivity contribution in [3.63, 3.8) is 0 Å². The van der Waals surface area contributed by atoms with Gasteiger partial charge in [-0.25, -0.2) is 4.79 Å². The number of aromatic nitrogens is 2. The first kappa shape index (κ1) is 20.1. The van der Waals surface area contributed by atoms with E-state index < -0.39 is 0 Å². The molecule has 2 fully saturated rings. The van der Waals surface area contributed by atoms with E-state index in [0.717, 1.165) is 57.7 Å². The monoisotopic (exact) mass is 379 g/mol. The van der Waals surface area contributed by atoms with Crippen LogP contribution in [0.5, 0.6) is 0 Å². The molecule has 3 heterocycles. The number of nitrogens with one attached hydrogen (secondary N) is 1. The Kier molecular flexibility index (Phi) is 7.49. The van der Waals surface area contributed by atoms with Crippen LogP contribution in [0.25, 0.3) is 0 Å². The number of nitrogens with zero attached hydrogens (tertiary/aromatic N) is 4. The molecule has 1 aromatic heterocycles. The summed E-state index contributed by atoms with van der Waals surface area (Å²) in [4.78, 5) is 16.9. The molecule has 2 aliphatic rings. The third-order valence-electron chi connectivity index (χ3n) is 5.56. The fourth-order valence-corrected chi connectivity index (χ4v) is 3.73. The van der Waals surface area contributed by atoms with E-state index in [9.17, 15) is 4.79 Å². The van der Waals surface area contributed by atoms with Gasteiger partial charge < -0.3 is 24.6 Å². The highest BCUT2D eigenvalue weighted by Gasteiger charge is 2.27. The van der Waals surface area contributed by atoms with Crippen LogP contribution in [-0.2, 0) is 16.0 Å². The number of urea groups is 1. The Morgan fingerprint density at radius 3 is 2.89 bits per heavy atom. The molecular formula is C19H33N5O3. The molecule has 0 aliphatic carbocycles. The summed E-state index contributed by atoms with van der Waals surface area (Å²) in [5.41, 5.74) is 1.04. The second-order valence-electron chi connectivity index (χ2n) is 7.40. The van der Waals surface area contributed by atoms with Crippen LogP contribution in [0.15, 0.2) is 12.4 Å².